The largest absolute Gasteiger partial charge is 0.390 e. The summed E-state index contributed by atoms with van der Waals surface area (Å²) >= 11 is 0. The zero-order chi connectivity index (χ0) is 24.8. The Balaban J connectivity index is 0.000000142. The second kappa shape index (κ2) is 8.17. The van der Waals surface area contributed by atoms with Gasteiger partial charge in [0.05, 0.1) is 34.6 Å². The van der Waals surface area contributed by atoms with Crippen LogP contribution < -0.4 is 0 Å². The molecule has 0 unspecified atom stereocenters. The number of rotatable bonds is 2. The van der Waals surface area contributed by atoms with Gasteiger partial charge in [0.15, 0.2) is 0 Å². The fourth-order valence-electron chi connectivity index (χ4n) is 9.98. The van der Waals surface area contributed by atoms with E-state index in [-0.39, 0.29) is 34.6 Å². The minimum atomic E-state index is -0.255. The highest BCUT2D eigenvalue weighted by molar-refractivity contribution is 5.15. The van der Waals surface area contributed by atoms with Crippen LogP contribution in [-0.4, -0.2) is 44.8 Å². The summed E-state index contributed by atoms with van der Waals surface area (Å²) in [5.41, 5.74) is -0.430. The van der Waals surface area contributed by atoms with Crippen molar-refractivity contribution >= 4 is 0 Å². The molecule has 12 atom stereocenters. The topological polar surface area (TPSA) is 58.9 Å². The first-order valence-electron chi connectivity index (χ1n) is 14.6. The van der Waals surface area contributed by atoms with Crippen LogP contribution in [-0.2, 0) is 9.47 Å². The lowest BCUT2D eigenvalue weighted by atomic mass is 9.70. The van der Waals surface area contributed by atoms with Crippen LogP contribution >= 0.6 is 0 Å². The van der Waals surface area contributed by atoms with Crippen molar-refractivity contribution in [3.05, 3.63) is 0 Å². The Morgan fingerprint density at radius 2 is 0.971 bits per heavy atom. The van der Waals surface area contributed by atoms with E-state index in [4.69, 9.17) is 9.47 Å². The second-order valence-corrected chi connectivity index (χ2v) is 14.4. The molecule has 4 saturated heterocycles. The molecule has 6 aliphatic rings. The van der Waals surface area contributed by atoms with Gasteiger partial charge >= 0.3 is 0 Å². The van der Waals surface area contributed by atoms with Gasteiger partial charge in [-0.05, 0) is 113 Å². The molecule has 0 amide bonds. The van der Waals surface area contributed by atoms with Crippen LogP contribution in [0.25, 0.3) is 0 Å². The molecule has 0 aromatic heterocycles. The third kappa shape index (κ3) is 3.30. The molecule has 4 nitrogen and oxygen atoms in total. The van der Waals surface area contributed by atoms with E-state index in [1.165, 1.54) is 25.7 Å². The Morgan fingerprint density at radius 1 is 0.618 bits per heavy atom. The van der Waals surface area contributed by atoms with Crippen molar-refractivity contribution < 1.29 is 19.7 Å². The fourth-order valence-corrected chi connectivity index (χ4v) is 9.98. The molecule has 0 radical (unpaired) electrons. The normalized spacial score (nSPS) is 57.5. The third-order valence-electron chi connectivity index (χ3n) is 12.2. The Kier molecular flexibility index (Phi) is 6.12. The maximum absolute atomic E-state index is 10.8. The van der Waals surface area contributed by atoms with E-state index in [1.807, 2.05) is 0 Å². The van der Waals surface area contributed by atoms with Gasteiger partial charge in [0.1, 0.15) is 0 Å². The number of ether oxygens (including phenoxy) is 2. The number of hydrogen-bond acceptors (Lipinski definition) is 4. The first-order chi connectivity index (χ1) is 15.8. The van der Waals surface area contributed by atoms with E-state index in [9.17, 15) is 10.2 Å². The highest BCUT2D eigenvalue weighted by Gasteiger charge is 2.67. The van der Waals surface area contributed by atoms with Crippen molar-refractivity contribution in [2.45, 2.75) is 141 Å². The smallest absolute Gasteiger partial charge is 0.0974 e. The molecule has 4 aliphatic heterocycles. The Morgan fingerprint density at radius 3 is 1.29 bits per heavy atom. The van der Waals surface area contributed by atoms with Crippen LogP contribution in [0.2, 0.25) is 0 Å². The summed E-state index contributed by atoms with van der Waals surface area (Å²) in [6, 6.07) is 0. The molecule has 196 valence electrons. The maximum atomic E-state index is 10.8. The van der Waals surface area contributed by atoms with Gasteiger partial charge in [-0.15, -0.1) is 0 Å². The quantitative estimate of drug-likeness (QED) is 0.515. The van der Waals surface area contributed by atoms with E-state index >= 15 is 0 Å². The predicted octanol–water partition coefficient (Wildman–Crippen LogP) is 5.97. The van der Waals surface area contributed by atoms with Crippen LogP contribution in [0.1, 0.15) is 107 Å². The lowest BCUT2D eigenvalue weighted by Gasteiger charge is -2.52. The molecule has 4 bridgehead atoms. The van der Waals surface area contributed by atoms with Crippen molar-refractivity contribution in [2.24, 2.45) is 47.3 Å². The van der Waals surface area contributed by atoms with Crippen molar-refractivity contribution in [3.63, 3.8) is 0 Å². The zero-order valence-corrected chi connectivity index (χ0v) is 23.1. The number of aliphatic hydroxyl groups excluding tert-OH is 2. The zero-order valence-electron chi connectivity index (χ0n) is 23.1. The van der Waals surface area contributed by atoms with Gasteiger partial charge in [-0.2, -0.15) is 0 Å². The molecular formula is C30H52O4. The summed E-state index contributed by atoms with van der Waals surface area (Å²) < 4.78 is 12.9. The van der Waals surface area contributed by atoms with Gasteiger partial charge in [0.2, 0.25) is 0 Å². The van der Waals surface area contributed by atoms with Gasteiger partial charge in [0, 0.05) is 0 Å². The monoisotopic (exact) mass is 476 g/mol. The second-order valence-electron chi connectivity index (χ2n) is 14.4. The van der Waals surface area contributed by atoms with E-state index in [2.05, 4.69) is 55.4 Å². The SMILES string of the molecule is CC(C)[C@@]12CC[C@@](C)(O1)[C@@H]1CC[C@@H](C)[C@H]1[C@H]2O.CC(C)[C@@]12CC[C@@](C)(O1)[C@@H]1CC[C@@H](C)[C@H]1[C@H]2O. The maximum Gasteiger partial charge on any atom is 0.0974 e. The summed E-state index contributed by atoms with van der Waals surface area (Å²) in [7, 11) is 0. The minimum absolute atomic E-state index is 0.0406. The fraction of sp³-hybridized carbons (Fsp3) is 1.00. The summed E-state index contributed by atoms with van der Waals surface area (Å²) in [4.78, 5) is 0. The summed E-state index contributed by atoms with van der Waals surface area (Å²) in [6.07, 6.45) is 8.87. The molecule has 0 aromatic rings. The van der Waals surface area contributed by atoms with Gasteiger partial charge in [-0.25, -0.2) is 0 Å². The third-order valence-corrected chi connectivity index (χ3v) is 12.2. The van der Waals surface area contributed by atoms with Crippen LogP contribution in [0.4, 0.5) is 0 Å². The molecule has 0 spiro atoms. The highest BCUT2D eigenvalue weighted by atomic mass is 16.6. The minimum Gasteiger partial charge on any atom is -0.390 e. The van der Waals surface area contributed by atoms with Crippen molar-refractivity contribution in [1.82, 2.24) is 0 Å². The summed E-state index contributed by atoms with van der Waals surface area (Å²) in [5, 5.41) is 21.7. The predicted molar refractivity (Wildman–Crippen MR) is 135 cm³/mol. The molecular weight excluding hydrogens is 424 g/mol. The van der Waals surface area contributed by atoms with Crippen LogP contribution in [0.15, 0.2) is 0 Å². The molecule has 0 aromatic carbocycles. The summed E-state index contributed by atoms with van der Waals surface area (Å²) in [6.45, 7) is 18.0. The molecule has 2 aliphatic carbocycles. The van der Waals surface area contributed by atoms with Crippen LogP contribution in [0.5, 0.6) is 0 Å². The van der Waals surface area contributed by atoms with Crippen molar-refractivity contribution in [1.29, 1.82) is 0 Å². The number of aliphatic hydroxyl groups is 2. The van der Waals surface area contributed by atoms with E-state index in [0.717, 1.165) is 25.7 Å². The van der Waals surface area contributed by atoms with Gasteiger partial charge in [-0.3, -0.25) is 0 Å². The average Bonchev–Trinajstić information content (AvgIpc) is 3.50. The average molecular weight is 477 g/mol. The Hall–Kier alpha value is -0.160. The summed E-state index contributed by atoms with van der Waals surface area (Å²) in [5.74, 6) is 4.26. The van der Waals surface area contributed by atoms with E-state index in [0.29, 0.717) is 47.3 Å². The lowest BCUT2D eigenvalue weighted by molar-refractivity contribution is -0.251. The lowest BCUT2D eigenvalue weighted by Crippen LogP contribution is -2.60. The van der Waals surface area contributed by atoms with Crippen LogP contribution in [0.3, 0.4) is 0 Å². The number of fused-ring (bicyclic) bond motifs is 8. The van der Waals surface area contributed by atoms with Crippen molar-refractivity contribution in [2.75, 3.05) is 0 Å². The van der Waals surface area contributed by atoms with E-state index < -0.39 is 0 Å². The Labute approximate surface area is 208 Å². The number of hydrogen-bond donors (Lipinski definition) is 2. The molecule has 2 saturated carbocycles. The van der Waals surface area contributed by atoms with E-state index in [1.54, 1.807) is 0 Å². The van der Waals surface area contributed by atoms with Crippen molar-refractivity contribution in [3.8, 4) is 0 Å². The van der Waals surface area contributed by atoms with Gasteiger partial charge in [0.25, 0.3) is 0 Å². The standard InChI is InChI=1S/2C15H26O2/c2*1-9(2)15-8-7-14(4,17-15)11-6-5-10(3)12(11)13(15)16/h2*9-13,16H,5-8H2,1-4H3/t2*10-,11-,12-,13-,14-,15-/m11/s1. The Bertz CT molecular complexity index is 718. The molecule has 6 rings (SSSR count). The van der Waals surface area contributed by atoms with Gasteiger partial charge < -0.3 is 19.7 Å². The molecule has 4 heteroatoms. The first-order valence-corrected chi connectivity index (χ1v) is 14.6. The highest BCUT2D eigenvalue weighted by Crippen LogP contribution is 2.62. The molecule has 4 heterocycles. The molecule has 2 N–H and O–H groups in total. The van der Waals surface area contributed by atoms with Crippen LogP contribution in [0, 0.1) is 47.3 Å². The molecule has 6 fully saturated rings. The molecule has 34 heavy (non-hydrogen) atoms. The first kappa shape index (κ1) is 25.5. The van der Waals surface area contributed by atoms with Gasteiger partial charge in [-0.1, -0.05) is 41.5 Å².